The predicted molar refractivity (Wildman–Crippen MR) is 97.1 cm³/mol. The lowest BCUT2D eigenvalue weighted by molar-refractivity contribution is 0.537. The summed E-state index contributed by atoms with van der Waals surface area (Å²) in [6, 6.07) is 19.7. The molecule has 1 nitrogen and oxygen atoms in total. The number of benzene rings is 2. The van der Waals surface area contributed by atoms with Gasteiger partial charge in [-0.3, -0.25) is 0 Å². The number of thioether (sulfide) groups is 1. The molecule has 0 heterocycles. The van der Waals surface area contributed by atoms with Crippen LogP contribution in [0.3, 0.4) is 0 Å². The Labute approximate surface area is 140 Å². The summed E-state index contributed by atoms with van der Waals surface area (Å²) >= 11 is 5.54. The zero-order valence-corrected chi connectivity index (χ0v) is 14.8. The third-order valence-corrected chi connectivity index (χ3v) is 5.58. The molecular formula is C18H22BrNS. The maximum atomic E-state index is 3.62. The number of rotatable bonds is 8. The number of nitrogens with one attached hydrogen (secondary N) is 1. The molecule has 1 atom stereocenters. The van der Waals surface area contributed by atoms with Crippen molar-refractivity contribution in [2.45, 2.75) is 30.7 Å². The van der Waals surface area contributed by atoms with Gasteiger partial charge < -0.3 is 5.32 Å². The summed E-state index contributed by atoms with van der Waals surface area (Å²) in [6.07, 6.45) is 2.31. The SMILES string of the molecule is CCNC(CCc1ccccc1)CSc1ccccc1Br. The van der Waals surface area contributed by atoms with Crippen LogP contribution in [-0.2, 0) is 6.42 Å². The van der Waals surface area contributed by atoms with Crippen molar-refractivity contribution in [1.82, 2.24) is 5.32 Å². The lowest BCUT2D eigenvalue weighted by Gasteiger charge is -2.18. The number of hydrogen-bond donors (Lipinski definition) is 1. The van der Waals surface area contributed by atoms with Gasteiger partial charge in [-0.15, -0.1) is 11.8 Å². The van der Waals surface area contributed by atoms with Crippen LogP contribution in [0.4, 0.5) is 0 Å². The molecule has 0 spiro atoms. The highest BCUT2D eigenvalue weighted by atomic mass is 79.9. The third-order valence-electron chi connectivity index (χ3n) is 3.39. The summed E-state index contributed by atoms with van der Waals surface area (Å²) in [4.78, 5) is 1.32. The molecule has 21 heavy (non-hydrogen) atoms. The molecule has 2 rings (SSSR count). The molecule has 0 aliphatic heterocycles. The molecule has 0 aromatic heterocycles. The fourth-order valence-electron chi connectivity index (χ4n) is 2.27. The second-order valence-corrected chi connectivity index (χ2v) is 6.94. The first-order valence-electron chi connectivity index (χ1n) is 7.44. The zero-order valence-electron chi connectivity index (χ0n) is 12.4. The molecule has 0 aliphatic rings. The van der Waals surface area contributed by atoms with Gasteiger partial charge in [0.15, 0.2) is 0 Å². The van der Waals surface area contributed by atoms with Gasteiger partial charge in [-0.2, -0.15) is 0 Å². The van der Waals surface area contributed by atoms with Crippen molar-refractivity contribution in [3.05, 3.63) is 64.6 Å². The number of hydrogen-bond acceptors (Lipinski definition) is 2. The summed E-state index contributed by atoms with van der Waals surface area (Å²) in [5.41, 5.74) is 1.42. The Hall–Kier alpha value is -0.770. The highest BCUT2D eigenvalue weighted by molar-refractivity contribution is 9.10. The lowest BCUT2D eigenvalue weighted by atomic mass is 10.1. The van der Waals surface area contributed by atoms with Crippen LogP contribution in [0.25, 0.3) is 0 Å². The van der Waals surface area contributed by atoms with Crippen LogP contribution in [0.5, 0.6) is 0 Å². The fraction of sp³-hybridized carbons (Fsp3) is 0.333. The van der Waals surface area contributed by atoms with Crippen LogP contribution >= 0.6 is 27.7 Å². The standard InChI is InChI=1S/C18H22BrNS/c1-2-20-16(13-12-15-8-4-3-5-9-15)14-21-18-11-7-6-10-17(18)19/h3-11,16,20H,2,12-14H2,1H3. The average Bonchev–Trinajstić information content (AvgIpc) is 2.52. The summed E-state index contributed by atoms with van der Waals surface area (Å²) < 4.78 is 1.19. The molecule has 0 saturated heterocycles. The predicted octanol–water partition coefficient (Wildman–Crippen LogP) is 5.15. The molecule has 0 amide bonds. The Morgan fingerprint density at radius 2 is 1.76 bits per heavy atom. The summed E-state index contributed by atoms with van der Waals surface area (Å²) in [7, 11) is 0. The first-order chi connectivity index (χ1) is 10.3. The van der Waals surface area contributed by atoms with Crippen molar-refractivity contribution in [3.63, 3.8) is 0 Å². The van der Waals surface area contributed by atoms with Crippen LogP contribution in [0.15, 0.2) is 64.0 Å². The van der Waals surface area contributed by atoms with Gasteiger partial charge >= 0.3 is 0 Å². The van der Waals surface area contributed by atoms with Crippen molar-refractivity contribution < 1.29 is 0 Å². The van der Waals surface area contributed by atoms with E-state index in [0.717, 1.165) is 18.7 Å². The maximum Gasteiger partial charge on any atom is 0.0311 e. The highest BCUT2D eigenvalue weighted by Gasteiger charge is 2.09. The van der Waals surface area contributed by atoms with E-state index in [1.807, 2.05) is 11.8 Å². The highest BCUT2D eigenvalue weighted by Crippen LogP contribution is 2.28. The molecule has 0 fully saturated rings. The van der Waals surface area contributed by atoms with E-state index < -0.39 is 0 Å². The Balaban J connectivity index is 1.85. The summed E-state index contributed by atoms with van der Waals surface area (Å²) in [6.45, 7) is 3.20. The van der Waals surface area contributed by atoms with Crippen molar-refractivity contribution in [2.75, 3.05) is 12.3 Å². The normalized spacial score (nSPS) is 12.3. The Morgan fingerprint density at radius 1 is 1.05 bits per heavy atom. The first kappa shape index (κ1) is 16.6. The molecule has 2 aromatic carbocycles. The van der Waals surface area contributed by atoms with E-state index in [-0.39, 0.29) is 0 Å². The van der Waals surface area contributed by atoms with Gasteiger partial charge in [-0.05, 0) is 53.0 Å². The molecule has 3 heteroatoms. The van der Waals surface area contributed by atoms with Gasteiger partial charge in [0.25, 0.3) is 0 Å². The second-order valence-electron chi connectivity index (χ2n) is 5.02. The van der Waals surface area contributed by atoms with E-state index >= 15 is 0 Å². The quantitative estimate of drug-likeness (QED) is 0.650. The molecule has 0 radical (unpaired) electrons. The topological polar surface area (TPSA) is 12.0 Å². The number of aryl methyl sites for hydroxylation is 1. The summed E-state index contributed by atoms with van der Waals surface area (Å²) in [5, 5.41) is 3.61. The van der Waals surface area contributed by atoms with E-state index in [1.165, 1.54) is 21.4 Å². The molecule has 1 unspecified atom stereocenters. The Bertz CT molecular complexity index is 530. The molecule has 0 saturated carbocycles. The Morgan fingerprint density at radius 3 is 2.48 bits per heavy atom. The first-order valence-corrected chi connectivity index (χ1v) is 9.22. The van der Waals surface area contributed by atoms with Gasteiger partial charge in [0.2, 0.25) is 0 Å². The maximum absolute atomic E-state index is 3.62. The van der Waals surface area contributed by atoms with E-state index in [9.17, 15) is 0 Å². The second kappa shape index (κ2) is 9.29. The van der Waals surface area contributed by atoms with Gasteiger partial charge in [-0.1, -0.05) is 49.4 Å². The Kier molecular flexibility index (Phi) is 7.34. The average molecular weight is 364 g/mol. The van der Waals surface area contributed by atoms with Crippen LogP contribution in [-0.4, -0.2) is 18.3 Å². The lowest BCUT2D eigenvalue weighted by Crippen LogP contribution is -2.31. The summed E-state index contributed by atoms with van der Waals surface area (Å²) in [5.74, 6) is 1.10. The van der Waals surface area contributed by atoms with Crippen molar-refractivity contribution in [3.8, 4) is 0 Å². The molecule has 0 aliphatic carbocycles. The van der Waals surface area contributed by atoms with E-state index in [2.05, 4.69) is 82.8 Å². The van der Waals surface area contributed by atoms with Gasteiger partial charge in [0, 0.05) is 21.2 Å². The molecule has 112 valence electrons. The minimum atomic E-state index is 0.548. The van der Waals surface area contributed by atoms with Gasteiger partial charge in [-0.25, -0.2) is 0 Å². The van der Waals surface area contributed by atoms with Crippen molar-refractivity contribution in [1.29, 1.82) is 0 Å². The van der Waals surface area contributed by atoms with E-state index in [0.29, 0.717) is 6.04 Å². The minimum Gasteiger partial charge on any atom is -0.313 e. The fourth-order valence-corrected chi connectivity index (χ4v) is 3.94. The molecule has 1 N–H and O–H groups in total. The van der Waals surface area contributed by atoms with Crippen LogP contribution in [0, 0.1) is 0 Å². The van der Waals surface area contributed by atoms with Gasteiger partial charge in [0.1, 0.15) is 0 Å². The number of halogens is 1. The zero-order chi connectivity index (χ0) is 14.9. The van der Waals surface area contributed by atoms with E-state index in [1.54, 1.807) is 0 Å². The van der Waals surface area contributed by atoms with E-state index in [4.69, 9.17) is 0 Å². The smallest absolute Gasteiger partial charge is 0.0311 e. The monoisotopic (exact) mass is 363 g/mol. The van der Waals surface area contributed by atoms with Crippen molar-refractivity contribution in [2.24, 2.45) is 0 Å². The third kappa shape index (κ3) is 5.85. The molecular weight excluding hydrogens is 342 g/mol. The minimum absolute atomic E-state index is 0.548. The van der Waals surface area contributed by atoms with Gasteiger partial charge in [0.05, 0.1) is 0 Å². The largest absolute Gasteiger partial charge is 0.313 e. The van der Waals surface area contributed by atoms with Crippen molar-refractivity contribution >= 4 is 27.7 Å². The molecule has 2 aromatic rings. The van der Waals surface area contributed by atoms with Crippen LogP contribution in [0.2, 0.25) is 0 Å². The van der Waals surface area contributed by atoms with Crippen LogP contribution in [0.1, 0.15) is 18.9 Å². The molecule has 0 bridgehead atoms. The van der Waals surface area contributed by atoms with Crippen LogP contribution < -0.4 is 5.32 Å².